The first-order valence-corrected chi connectivity index (χ1v) is 9.13. The van der Waals surface area contributed by atoms with Crippen molar-refractivity contribution in [3.05, 3.63) is 59.9 Å². The topological polar surface area (TPSA) is 50.1 Å². The number of aromatic nitrogens is 4. The van der Waals surface area contributed by atoms with Crippen LogP contribution in [0.2, 0.25) is 0 Å². The van der Waals surface area contributed by atoms with Gasteiger partial charge in [0, 0.05) is 69.5 Å². The molecule has 140 valence electrons. The van der Waals surface area contributed by atoms with Crippen molar-refractivity contribution in [3.63, 3.8) is 0 Å². The number of nitrogens with zero attached hydrogens (tertiary/aromatic N) is 6. The van der Waals surface area contributed by atoms with E-state index >= 15 is 0 Å². The van der Waals surface area contributed by atoms with E-state index in [1.807, 2.05) is 17.8 Å². The monoisotopic (exact) mass is 366 g/mol. The molecule has 0 atom stereocenters. The van der Waals surface area contributed by atoms with Gasteiger partial charge in [0.05, 0.1) is 5.69 Å². The van der Waals surface area contributed by atoms with Gasteiger partial charge in [0.25, 0.3) is 0 Å². The van der Waals surface area contributed by atoms with Crippen molar-refractivity contribution in [3.8, 4) is 11.3 Å². The molecular weight excluding hydrogens is 343 g/mol. The number of anilines is 1. The van der Waals surface area contributed by atoms with Crippen molar-refractivity contribution in [2.75, 3.05) is 31.1 Å². The van der Waals surface area contributed by atoms with E-state index in [-0.39, 0.29) is 5.82 Å². The quantitative estimate of drug-likeness (QED) is 0.711. The number of piperazine rings is 1. The summed E-state index contributed by atoms with van der Waals surface area (Å²) in [7, 11) is 1.95. The van der Waals surface area contributed by atoms with Crippen LogP contribution in [0.4, 0.5) is 10.2 Å². The van der Waals surface area contributed by atoms with Crippen molar-refractivity contribution in [1.82, 2.24) is 24.6 Å². The van der Waals surface area contributed by atoms with Crippen molar-refractivity contribution in [1.29, 1.82) is 0 Å². The fourth-order valence-electron chi connectivity index (χ4n) is 3.56. The summed E-state index contributed by atoms with van der Waals surface area (Å²) in [4.78, 5) is 13.7. The number of hydrogen-bond donors (Lipinski definition) is 0. The maximum absolute atomic E-state index is 13.6. The van der Waals surface area contributed by atoms with Crippen LogP contribution in [-0.4, -0.2) is 50.8 Å². The van der Waals surface area contributed by atoms with E-state index in [1.165, 1.54) is 17.7 Å². The van der Waals surface area contributed by atoms with E-state index in [1.54, 1.807) is 18.5 Å². The summed E-state index contributed by atoms with van der Waals surface area (Å²) < 4.78 is 15.5. The summed E-state index contributed by atoms with van der Waals surface area (Å²) in [5.74, 6) is 0.557. The van der Waals surface area contributed by atoms with E-state index in [9.17, 15) is 4.39 Å². The van der Waals surface area contributed by atoms with Crippen molar-refractivity contribution < 1.29 is 4.39 Å². The summed E-state index contributed by atoms with van der Waals surface area (Å²) in [6, 6.07) is 6.53. The molecule has 1 aliphatic rings. The van der Waals surface area contributed by atoms with Gasteiger partial charge in [-0.1, -0.05) is 12.1 Å². The Morgan fingerprint density at radius 2 is 1.85 bits per heavy atom. The molecule has 6 nitrogen and oxygen atoms in total. The van der Waals surface area contributed by atoms with Crippen molar-refractivity contribution >= 4 is 5.82 Å². The van der Waals surface area contributed by atoms with Gasteiger partial charge in [-0.3, -0.25) is 14.6 Å². The van der Waals surface area contributed by atoms with E-state index in [0.717, 1.165) is 55.5 Å². The minimum Gasteiger partial charge on any atom is -0.352 e. The second-order valence-electron chi connectivity index (χ2n) is 6.92. The molecule has 3 heterocycles. The molecule has 0 N–H and O–H groups in total. The zero-order chi connectivity index (χ0) is 18.8. The molecule has 0 aliphatic carbocycles. The molecule has 2 aromatic heterocycles. The molecule has 1 saturated heterocycles. The first kappa shape index (κ1) is 17.6. The molecule has 0 amide bonds. The van der Waals surface area contributed by atoms with Crippen molar-refractivity contribution in [2.24, 2.45) is 7.05 Å². The van der Waals surface area contributed by atoms with Crippen LogP contribution in [0, 0.1) is 12.7 Å². The summed E-state index contributed by atoms with van der Waals surface area (Å²) >= 11 is 0. The summed E-state index contributed by atoms with van der Waals surface area (Å²) in [6.45, 7) is 6.56. The van der Waals surface area contributed by atoms with Crippen LogP contribution in [0.3, 0.4) is 0 Å². The minimum atomic E-state index is -0.263. The first-order chi connectivity index (χ1) is 13.1. The van der Waals surface area contributed by atoms with Crippen molar-refractivity contribution in [2.45, 2.75) is 13.5 Å². The largest absolute Gasteiger partial charge is 0.352 e. The van der Waals surface area contributed by atoms with Crippen LogP contribution < -0.4 is 4.90 Å². The molecule has 1 aromatic carbocycles. The third kappa shape index (κ3) is 3.83. The molecular formula is C20H23FN6. The van der Waals surface area contributed by atoms with E-state index < -0.39 is 0 Å². The highest BCUT2D eigenvalue weighted by atomic mass is 19.1. The smallest absolute Gasteiger partial charge is 0.155 e. The van der Waals surface area contributed by atoms with Gasteiger partial charge in [0.15, 0.2) is 5.82 Å². The highest BCUT2D eigenvalue weighted by molar-refractivity contribution is 5.72. The predicted molar refractivity (Wildman–Crippen MR) is 103 cm³/mol. The third-order valence-electron chi connectivity index (χ3n) is 4.96. The fraction of sp³-hybridized carbons (Fsp3) is 0.350. The van der Waals surface area contributed by atoms with E-state index in [4.69, 9.17) is 0 Å². The first-order valence-electron chi connectivity index (χ1n) is 9.13. The van der Waals surface area contributed by atoms with E-state index in [2.05, 4.69) is 38.0 Å². The molecule has 3 aromatic rings. The summed E-state index contributed by atoms with van der Waals surface area (Å²) in [5.41, 5.74) is 3.84. The highest BCUT2D eigenvalue weighted by Gasteiger charge is 2.22. The fourth-order valence-corrected chi connectivity index (χ4v) is 3.56. The SMILES string of the molecule is Cc1nn(C)cc1CN1CCN(c2nccnc2-c2cccc(F)c2)CC1. The lowest BCUT2D eigenvalue weighted by molar-refractivity contribution is 0.249. The average molecular weight is 366 g/mol. The molecule has 0 unspecified atom stereocenters. The summed E-state index contributed by atoms with van der Waals surface area (Å²) in [6.07, 6.45) is 5.45. The van der Waals surface area contributed by atoms with Gasteiger partial charge in [-0.15, -0.1) is 0 Å². The van der Waals surface area contributed by atoms with Gasteiger partial charge >= 0.3 is 0 Å². The van der Waals surface area contributed by atoms with Crippen LogP contribution in [0.1, 0.15) is 11.3 Å². The highest BCUT2D eigenvalue weighted by Crippen LogP contribution is 2.28. The molecule has 0 radical (unpaired) electrons. The van der Waals surface area contributed by atoms with Crippen LogP contribution in [0.25, 0.3) is 11.3 Å². The lowest BCUT2D eigenvalue weighted by atomic mass is 10.1. The van der Waals surface area contributed by atoms with Crippen LogP contribution in [-0.2, 0) is 13.6 Å². The number of hydrogen-bond acceptors (Lipinski definition) is 5. The Labute approximate surface area is 158 Å². The summed E-state index contributed by atoms with van der Waals surface area (Å²) in [5, 5.41) is 4.42. The zero-order valence-electron chi connectivity index (χ0n) is 15.6. The van der Waals surface area contributed by atoms with Gasteiger partial charge < -0.3 is 4.90 Å². The Morgan fingerprint density at radius 3 is 2.56 bits per heavy atom. The lowest BCUT2D eigenvalue weighted by Gasteiger charge is -2.35. The van der Waals surface area contributed by atoms with Crippen LogP contribution >= 0.6 is 0 Å². The Bertz CT molecular complexity index is 930. The molecule has 0 saturated carbocycles. The molecule has 1 fully saturated rings. The molecule has 7 heteroatoms. The number of halogens is 1. The number of rotatable bonds is 4. The molecule has 27 heavy (non-hydrogen) atoms. The maximum atomic E-state index is 13.6. The molecule has 0 bridgehead atoms. The normalized spacial score (nSPS) is 15.3. The molecule has 4 rings (SSSR count). The van der Waals surface area contributed by atoms with Gasteiger partial charge in [0.2, 0.25) is 0 Å². The van der Waals surface area contributed by atoms with Crippen LogP contribution in [0.5, 0.6) is 0 Å². The number of benzene rings is 1. The Hall–Kier alpha value is -2.80. The minimum absolute atomic E-state index is 0.263. The number of aryl methyl sites for hydroxylation is 2. The average Bonchev–Trinajstić information content (AvgIpc) is 2.99. The van der Waals surface area contributed by atoms with Gasteiger partial charge in [0.1, 0.15) is 11.5 Å². The molecule has 1 aliphatic heterocycles. The second kappa shape index (κ2) is 7.44. The van der Waals surface area contributed by atoms with Gasteiger partial charge in [-0.25, -0.2) is 9.37 Å². The Kier molecular flexibility index (Phi) is 4.85. The molecule has 0 spiro atoms. The predicted octanol–water partition coefficient (Wildman–Crippen LogP) is 2.65. The maximum Gasteiger partial charge on any atom is 0.155 e. The van der Waals surface area contributed by atoms with Gasteiger partial charge in [-0.2, -0.15) is 5.10 Å². The third-order valence-corrected chi connectivity index (χ3v) is 4.96. The zero-order valence-corrected chi connectivity index (χ0v) is 15.6. The van der Waals surface area contributed by atoms with Gasteiger partial charge in [-0.05, 0) is 19.1 Å². The standard InChI is InChI=1S/C20H23FN6/c1-15-17(13-25(2)24-15)14-26-8-10-27(11-9-26)20-19(22-6-7-23-20)16-4-3-5-18(21)12-16/h3-7,12-13H,8-11,14H2,1-2H3. The van der Waals surface area contributed by atoms with Crippen LogP contribution in [0.15, 0.2) is 42.9 Å². The Morgan fingerprint density at radius 1 is 1.07 bits per heavy atom. The Balaban J connectivity index is 1.48. The second-order valence-corrected chi connectivity index (χ2v) is 6.92. The lowest BCUT2D eigenvalue weighted by Crippen LogP contribution is -2.46. The van der Waals surface area contributed by atoms with E-state index in [0.29, 0.717) is 0 Å².